The van der Waals surface area contributed by atoms with Crippen LogP contribution in [0.1, 0.15) is 36.8 Å². The van der Waals surface area contributed by atoms with Gasteiger partial charge >= 0.3 is 0 Å². The zero-order chi connectivity index (χ0) is 10.1. The van der Waals surface area contributed by atoms with Gasteiger partial charge in [-0.15, -0.1) is 0 Å². The molecule has 0 bridgehead atoms. The van der Waals surface area contributed by atoms with E-state index in [9.17, 15) is 0 Å². The molecule has 76 valence electrons. The minimum absolute atomic E-state index is 0.656. The van der Waals surface area contributed by atoms with Gasteiger partial charge in [-0.05, 0) is 48.4 Å². The molecule has 0 aliphatic heterocycles. The van der Waals surface area contributed by atoms with Gasteiger partial charge in [0.05, 0.1) is 7.11 Å². The first-order valence-corrected chi connectivity index (χ1v) is 5.88. The summed E-state index contributed by atoms with van der Waals surface area (Å²) in [6.07, 6.45) is 3.72. The third-order valence-electron chi connectivity index (χ3n) is 3.04. The molecule has 14 heavy (non-hydrogen) atoms. The van der Waals surface area contributed by atoms with Gasteiger partial charge < -0.3 is 4.74 Å². The normalized spacial score (nSPS) is 20.4. The first-order valence-electron chi connectivity index (χ1n) is 5.09. The Morgan fingerprint density at radius 1 is 1.43 bits per heavy atom. The molecule has 0 amide bonds. The van der Waals surface area contributed by atoms with E-state index in [1.54, 1.807) is 7.11 Å². The Hall–Kier alpha value is -0.500. The van der Waals surface area contributed by atoms with Crippen molar-refractivity contribution in [3.63, 3.8) is 0 Å². The van der Waals surface area contributed by atoms with Crippen LogP contribution in [0.4, 0.5) is 0 Å². The average molecular weight is 255 g/mol. The van der Waals surface area contributed by atoms with Crippen molar-refractivity contribution in [3.05, 3.63) is 27.7 Å². The van der Waals surface area contributed by atoms with E-state index in [-0.39, 0.29) is 0 Å². The van der Waals surface area contributed by atoms with E-state index in [1.807, 2.05) is 0 Å². The summed E-state index contributed by atoms with van der Waals surface area (Å²) in [5.74, 6) is 1.71. The van der Waals surface area contributed by atoms with Crippen LogP contribution in [-0.2, 0) is 6.42 Å². The maximum atomic E-state index is 5.40. The first kappa shape index (κ1) is 10.0. The van der Waals surface area contributed by atoms with Crippen molar-refractivity contribution >= 4 is 15.9 Å². The molecule has 1 unspecified atom stereocenters. The Labute approximate surface area is 93.6 Å². The average Bonchev–Trinajstić information content (AvgIpc) is 2.18. The molecule has 0 radical (unpaired) electrons. The lowest BCUT2D eigenvalue weighted by atomic mass is 9.83. The monoisotopic (exact) mass is 254 g/mol. The number of hydrogen-bond acceptors (Lipinski definition) is 1. The summed E-state index contributed by atoms with van der Waals surface area (Å²) in [5, 5.41) is 0. The number of fused-ring (bicyclic) bond motifs is 1. The molecule has 2 rings (SSSR count). The van der Waals surface area contributed by atoms with Crippen LogP contribution < -0.4 is 4.74 Å². The largest absolute Gasteiger partial charge is 0.496 e. The number of methoxy groups -OCH3 is 1. The van der Waals surface area contributed by atoms with Crippen LogP contribution >= 0.6 is 15.9 Å². The van der Waals surface area contributed by atoms with Crippen LogP contribution in [0.2, 0.25) is 0 Å². The van der Waals surface area contributed by atoms with E-state index in [0.29, 0.717) is 5.92 Å². The number of ether oxygens (including phenoxy) is 1. The molecule has 0 heterocycles. The standard InChI is InChI=1S/C12H15BrO/c1-8-4-3-5-9-11(14-2)7-6-10(13)12(8)9/h6-8H,3-5H2,1-2H3. The summed E-state index contributed by atoms with van der Waals surface area (Å²) in [7, 11) is 1.75. The summed E-state index contributed by atoms with van der Waals surface area (Å²) in [6.45, 7) is 2.29. The summed E-state index contributed by atoms with van der Waals surface area (Å²) in [6, 6.07) is 4.15. The summed E-state index contributed by atoms with van der Waals surface area (Å²) in [4.78, 5) is 0. The molecule has 1 atom stereocenters. The van der Waals surface area contributed by atoms with E-state index >= 15 is 0 Å². The third-order valence-corrected chi connectivity index (χ3v) is 3.73. The Balaban J connectivity index is 2.57. The van der Waals surface area contributed by atoms with Gasteiger partial charge in [0.25, 0.3) is 0 Å². The predicted molar refractivity (Wildman–Crippen MR) is 62.0 cm³/mol. The summed E-state index contributed by atoms with van der Waals surface area (Å²) < 4.78 is 6.63. The van der Waals surface area contributed by atoms with Gasteiger partial charge in [0.1, 0.15) is 5.75 Å². The second-order valence-corrected chi connectivity index (χ2v) is 4.79. The van der Waals surface area contributed by atoms with E-state index in [2.05, 4.69) is 35.0 Å². The van der Waals surface area contributed by atoms with Crippen molar-refractivity contribution < 1.29 is 4.74 Å². The molecular formula is C12H15BrO. The van der Waals surface area contributed by atoms with Crippen molar-refractivity contribution in [2.24, 2.45) is 0 Å². The Morgan fingerprint density at radius 3 is 2.93 bits per heavy atom. The first-order chi connectivity index (χ1) is 6.74. The molecule has 0 aromatic heterocycles. The fourth-order valence-corrected chi connectivity index (χ4v) is 3.09. The lowest BCUT2D eigenvalue weighted by molar-refractivity contribution is 0.403. The highest BCUT2D eigenvalue weighted by atomic mass is 79.9. The van der Waals surface area contributed by atoms with Crippen molar-refractivity contribution in [1.82, 2.24) is 0 Å². The Bertz CT molecular complexity index is 346. The smallest absolute Gasteiger partial charge is 0.122 e. The van der Waals surface area contributed by atoms with E-state index in [0.717, 1.165) is 12.2 Å². The predicted octanol–water partition coefficient (Wildman–Crippen LogP) is 3.90. The zero-order valence-corrected chi connectivity index (χ0v) is 10.2. The van der Waals surface area contributed by atoms with Crippen LogP contribution in [0.25, 0.3) is 0 Å². The second-order valence-electron chi connectivity index (χ2n) is 3.94. The van der Waals surface area contributed by atoms with Gasteiger partial charge in [0, 0.05) is 4.47 Å². The molecular weight excluding hydrogens is 240 g/mol. The molecule has 2 heteroatoms. The van der Waals surface area contributed by atoms with Crippen molar-refractivity contribution in [1.29, 1.82) is 0 Å². The molecule has 1 aromatic carbocycles. The zero-order valence-electron chi connectivity index (χ0n) is 8.64. The molecule has 1 nitrogen and oxygen atoms in total. The molecule has 1 aromatic rings. The topological polar surface area (TPSA) is 9.23 Å². The van der Waals surface area contributed by atoms with Crippen LogP contribution in [0.5, 0.6) is 5.75 Å². The maximum Gasteiger partial charge on any atom is 0.122 e. The van der Waals surface area contributed by atoms with Crippen molar-refractivity contribution in [2.45, 2.75) is 32.1 Å². The molecule has 0 fully saturated rings. The molecule has 0 saturated heterocycles. The van der Waals surface area contributed by atoms with Gasteiger partial charge in [-0.1, -0.05) is 22.9 Å². The number of halogens is 1. The number of benzene rings is 1. The molecule has 1 aliphatic rings. The highest BCUT2D eigenvalue weighted by Gasteiger charge is 2.21. The second kappa shape index (κ2) is 3.93. The van der Waals surface area contributed by atoms with Crippen LogP contribution in [0.3, 0.4) is 0 Å². The Morgan fingerprint density at radius 2 is 2.21 bits per heavy atom. The molecule has 0 saturated carbocycles. The van der Waals surface area contributed by atoms with E-state index in [4.69, 9.17) is 4.74 Å². The van der Waals surface area contributed by atoms with Crippen molar-refractivity contribution in [3.8, 4) is 5.75 Å². The molecule has 0 spiro atoms. The van der Waals surface area contributed by atoms with Crippen LogP contribution in [0, 0.1) is 0 Å². The number of rotatable bonds is 1. The molecule has 0 N–H and O–H groups in total. The minimum atomic E-state index is 0.656. The SMILES string of the molecule is COc1ccc(Br)c2c1CCCC2C. The third kappa shape index (κ3) is 1.56. The highest BCUT2D eigenvalue weighted by Crippen LogP contribution is 2.40. The number of hydrogen-bond donors (Lipinski definition) is 0. The van der Waals surface area contributed by atoms with Gasteiger partial charge in [0.15, 0.2) is 0 Å². The lowest BCUT2D eigenvalue weighted by Gasteiger charge is -2.25. The van der Waals surface area contributed by atoms with Gasteiger partial charge in [0.2, 0.25) is 0 Å². The fourth-order valence-electron chi connectivity index (χ4n) is 2.33. The van der Waals surface area contributed by atoms with Crippen molar-refractivity contribution in [2.75, 3.05) is 7.11 Å². The fraction of sp³-hybridized carbons (Fsp3) is 0.500. The maximum absolute atomic E-state index is 5.40. The van der Waals surface area contributed by atoms with Crippen LogP contribution in [0.15, 0.2) is 16.6 Å². The minimum Gasteiger partial charge on any atom is -0.496 e. The van der Waals surface area contributed by atoms with Gasteiger partial charge in [-0.3, -0.25) is 0 Å². The van der Waals surface area contributed by atoms with Gasteiger partial charge in [-0.25, -0.2) is 0 Å². The summed E-state index contributed by atoms with van der Waals surface area (Å²) >= 11 is 3.63. The molecule has 1 aliphatic carbocycles. The van der Waals surface area contributed by atoms with Crippen LogP contribution in [-0.4, -0.2) is 7.11 Å². The summed E-state index contributed by atoms with van der Waals surface area (Å²) in [5.41, 5.74) is 2.86. The lowest BCUT2D eigenvalue weighted by Crippen LogP contribution is -2.09. The Kier molecular flexibility index (Phi) is 2.82. The van der Waals surface area contributed by atoms with Gasteiger partial charge in [-0.2, -0.15) is 0 Å². The van der Waals surface area contributed by atoms with E-state index in [1.165, 1.54) is 28.4 Å². The van der Waals surface area contributed by atoms with E-state index < -0.39 is 0 Å². The quantitative estimate of drug-likeness (QED) is 0.739. The highest BCUT2D eigenvalue weighted by molar-refractivity contribution is 9.10.